The fraction of sp³-hybridized carbons (Fsp3) is 0.122. The Hall–Kier alpha value is -9.54. The molecular formula is C82H67N4OPt-3. The number of rotatable bonds is 14. The van der Waals surface area contributed by atoms with Gasteiger partial charge in [0.05, 0.1) is 0 Å². The molecule has 0 atom stereocenters. The van der Waals surface area contributed by atoms with E-state index in [1.54, 1.807) is 0 Å². The van der Waals surface area contributed by atoms with E-state index in [0.717, 1.165) is 50.4 Å². The van der Waals surface area contributed by atoms with E-state index in [1.165, 1.54) is 55.6 Å². The van der Waals surface area contributed by atoms with Crippen molar-refractivity contribution in [3.63, 3.8) is 0 Å². The minimum absolute atomic E-state index is 0. The monoisotopic (exact) mass is 1320 g/mol. The van der Waals surface area contributed by atoms with Gasteiger partial charge in [0.15, 0.2) is 0 Å². The predicted molar refractivity (Wildman–Crippen MR) is 358 cm³/mol. The molecule has 0 spiro atoms. The second-order valence-corrected chi connectivity index (χ2v) is 24.5. The maximum atomic E-state index is 6.92. The van der Waals surface area contributed by atoms with Crippen LogP contribution >= 0.6 is 0 Å². The summed E-state index contributed by atoms with van der Waals surface area (Å²) >= 11 is 0. The van der Waals surface area contributed by atoms with Crippen LogP contribution in [0.2, 0.25) is 0 Å². The maximum Gasteiger partial charge on any atom is 0.135 e. The van der Waals surface area contributed by atoms with Crippen LogP contribution in [0.15, 0.2) is 291 Å². The Bertz CT molecular complexity index is 4370. The molecule has 0 N–H and O–H groups in total. The molecule has 0 saturated heterocycles. The molecule has 0 fully saturated rings. The van der Waals surface area contributed by atoms with E-state index in [9.17, 15) is 0 Å². The Morgan fingerprint density at radius 2 is 0.818 bits per heavy atom. The van der Waals surface area contributed by atoms with Crippen molar-refractivity contribution in [3.8, 4) is 17.3 Å². The minimum Gasteiger partial charge on any atom is -0.509 e. The zero-order chi connectivity index (χ0) is 59.3. The van der Waals surface area contributed by atoms with E-state index in [0.29, 0.717) is 11.5 Å². The molecule has 3 heterocycles. The first-order valence-electron chi connectivity index (χ1n) is 30.1. The van der Waals surface area contributed by atoms with Gasteiger partial charge >= 0.3 is 0 Å². The van der Waals surface area contributed by atoms with Gasteiger partial charge in [0.1, 0.15) is 5.82 Å². The molecule has 1 aliphatic rings. The summed E-state index contributed by atoms with van der Waals surface area (Å²) in [6.45, 7) is 16.0. The molecule has 0 bridgehead atoms. The Kier molecular flexibility index (Phi) is 15.2. The summed E-state index contributed by atoms with van der Waals surface area (Å²) in [5, 5.41) is 2.17. The van der Waals surface area contributed by atoms with Gasteiger partial charge in [0, 0.05) is 77.6 Å². The van der Waals surface area contributed by atoms with Crippen molar-refractivity contribution in [2.75, 3.05) is 9.80 Å². The average molecular weight is 1320 g/mol. The molecular weight excluding hydrogens is 1250 g/mol. The summed E-state index contributed by atoms with van der Waals surface area (Å²) in [6, 6.07) is 110. The molecule has 6 heteroatoms. The molecule has 0 amide bonds. The van der Waals surface area contributed by atoms with Crippen molar-refractivity contribution in [1.82, 2.24) is 9.55 Å². The zero-order valence-corrected chi connectivity index (χ0v) is 52.6. The normalized spacial score (nSPS) is 12.7. The van der Waals surface area contributed by atoms with Crippen LogP contribution in [0.25, 0.3) is 27.6 Å². The average Bonchev–Trinajstić information content (AvgIpc) is 1.55. The maximum absolute atomic E-state index is 6.92. The number of aromatic nitrogens is 2. The van der Waals surface area contributed by atoms with Crippen LogP contribution in [-0.4, -0.2) is 9.55 Å². The van der Waals surface area contributed by atoms with Crippen molar-refractivity contribution in [3.05, 3.63) is 366 Å². The van der Waals surface area contributed by atoms with Crippen LogP contribution in [0.4, 0.5) is 22.7 Å². The summed E-state index contributed by atoms with van der Waals surface area (Å²) in [7, 11) is 0. The van der Waals surface area contributed by atoms with Crippen molar-refractivity contribution in [1.29, 1.82) is 0 Å². The van der Waals surface area contributed by atoms with Gasteiger partial charge in [0.2, 0.25) is 0 Å². The minimum atomic E-state index is -0.531. The fourth-order valence-corrected chi connectivity index (χ4v) is 13.3. The van der Waals surface area contributed by atoms with Gasteiger partial charge in [-0.3, -0.25) is 0 Å². The van der Waals surface area contributed by atoms with Gasteiger partial charge in [-0.15, -0.1) is 48.1 Å². The van der Waals surface area contributed by atoms with E-state index in [-0.39, 0.29) is 26.5 Å². The number of hydrogen-bond donors (Lipinski definition) is 0. The number of ether oxygens (including phenoxy) is 1. The Labute approximate surface area is 532 Å². The van der Waals surface area contributed by atoms with Gasteiger partial charge < -0.3 is 19.1 Å². The van der Waals surface area contributed by atoms with Crippen LogP contribution in [0.3, 0.4) is 0 Å². The first-order valence-corrected chi connectivity index (χ1v) is 30.1. The smallest absolute Gasteiger partial charge is 0.135 e. The topological polar surface area (TPSA) is 33.5 Å². The molecule has 0 radical (unpaired) electrons. The molecule has 14 rings (SSSR count). The Morgan fingerprint density at radius 3 is 1.31 bits per heavy atom. The summed E-state index contributed by atoms with van der Waals surface area (Å²) in [5.74, 6) is 1.96. The summed E-state index contributed by atoms with van der Waals surface area (Å²) < 4.78 is 9.16. The van der Waals surface area contributed by atoms with Gasteiger partial charge in [-0.2, -0.15) is 12.1 Å². The van der Waals surface area contributed by atoms with Crippen LogP contribution < -0.4 is 14.5 Å². The quantitative estimate of drug-likeness (QED) is 0.0803. The zero-order valence-electron chi connectivity index (χ0n) is 50.3. The van der Waals surface area contributed by atoms with E-state index in [2.05, 4.69) is 342 Å². The van der Waals surface area contributed by atoms with Gasteiger partial charge in [0.25, 0.3) is 0 Å². The van der Waals surface area contributed by atoms with Crippen molar-refractivity contribution >= 4 is 44.6 Å². The van der Waals surface area contributed by atoms with Crippen molar-refractivity contribution in [2.45, 2.75) is 63.2 Å². The third-order valence-electron chi connectivity index (χ3n) is 18.4. The molecule has 88 heavy (non-hydrogen) atoms. The van der Waals surface area contributed by atoms with Crippen LogP contribution in [0.5, 0.6) is 11.5 Å². The molecule has 434 valence electrons. The molecule has 13 aromatic rings. The molecule has 0 unspecified atom stereocenters. The number of hydrogen-bond acceptors (Lipinski definition) is 4. The van der Waals surface area contributed by atoms with Crippen LogP contribution in [-0.2, 0) is 42.7 Å². The van der Waals surface area contributed by atoms with E-state index < -0.39 is 16.2 Å². The first-order chi connectivity index (χ1) is 42.4. The number of pyridine rings is 1. The second-order valence-electron chi connectivity index (χ2n) is 24.5. The van der Waals surface area contributed by atoms with E-state index in [1.807, 2.05) is 24.4 Å². The molecule has 11 aromatic carbocycles. The molecule has 0 aliphatic carbocycles. The van der Waals surface area contributed by atoms with Gasteiger partial charge in [-0.25, -0.2) is 4.98 Å². The molecule has 0 saturated carbocycles. The van der Waals surface area contributed by atoms with Crippen LogP contribution in [0, 0.1) is 18.8 Å². The molecule has 5 nitrogen and oxygen atoms in total. The standard InChI is InChI=1S/C82H67N4O.Pt/c1-79(2,3)64-48-49-83-78(54-64)86-74-47-44-65(80(4,58-28-13-7-14-29-58)59-30-15-8-16-31-59)53-73(74)72-46-45-71(56-77(72)86)87-70-41-27-40-68(55-70)84-57-85(76-43-26-25-42-75(76)84)69-51-66(81(5,60-32-17-9-18-33-60)61-34-19-10-20-35-61)50-67(52-69)82(6,62-36-21-11-22-37-62)63-38-23-12-24-39-63;/h7-54,57H,1-6H3;/q-3;. The number of anilines is 4. The van der Waals surface area contributed by atoms with Gasteiger partial charge in [-0.1, -0.05) is 239 Å². The van der Waals surface area contributed by atoms with Gasteiger partial charge in [-0.05, 0) is 130 Å². The second kappa shape index (κ2) is 23.3. The summed E-state index contributed by atoms with van der Waals surface area (Å²) in [6.07, 6.45) is 1.92. The third kappa shape index (κ3) is 10.1. The Balaban J connectivity index is 0.00000714. The fourth-order valence-electron chi connectivity index (χ4n) is 13.3. The third-order valence-corrected chi connectivity index (χ3v) is 18.4. The SMILES string of the molecule is CC(C)(C)c1ccnc(-n2c3[c-]c(Oc4[c-]c(N5[CH-]N(c6cc(C(C)(c7ccccc7)c7ccccc7)cc(C(C)(c7ccccc7)c7ccccc7)c6)c6ccccc65)ccc4)ccc3c3cc(C(C)(c4ccccc4)c4ccccc4)ccc32)c1.[Pt]. The first kappa shape index (κ1) is 57.5. The van der Waals surface area contributed by atoms with Crippen molar-refractivity contribution in [2.24, 2.45) is 0 Å². The number of fused-ring (bicyclic) bond motifs is 4. The summed E-state index contributed by atoms with van der Waals surface area (Å²) in [4.78, 5) is 9.62. The van der Waals surface area contributed by atoms with Crippen molar-refractivity contribution < 1.29 is 25.8 Å². The predicted octanol–water partition coefficient (Wildman–Crippen LogP) is 20.3. The number of benzene rings is 11. The Morgan fingerprint density at radius 1 is 0.364 bits per heavy atom. The number of para-hydroxylation sites is 2. The van der Waals surface area contributed by atoms with Crippen LogP contribution in [0.1, 0.15) is 97.2 Å². The number of nitrogens with zero attached hydrogens (tertiary/aromatic N) is 4. The largest absolute Gasteiger partial charge is 0.509 e. The molecule has 2 aromatic heterocycles. The molecule has 1 aliphatic heterocycles. The van der Waals surface area contributed by atoms with E-state index in [4.69, 9.17) is 9.72 Å². The summed E-state index contributed by atoms with van der Waals surface area (Å²) in [5.41, 5.74) is 16.3. The van der Waals surface area contributed by atoms with E-state index >= 15 is 0 Å².